The maximum Gasteiger partial charge on any atom is 0.264 e. The van der Waals surface area contributed by atoms with Gasteiger partial charge < -0.3 is 15.0 Å². The molecule has 1 unspecified atom stereocenters. The Labute approximate surface area is 238 Å². The van der Waals surface area contributed by atoms with Crippen LogP contribution in [0.3, 0.4) is 0 Å². The van der Waals surface area contributed by atoms with Gasteiger partial charge in [0.15, 0.2) is 0 Å². The van der Waals surface area contributed by atoms with Crippen LogP contribution in [0.4, 0.5) is 5.69 Å². The average Bonchev–Trinajstić information content (AvgIpc) is 2.94. The molecule has 0 aliphatic rings. The van der Waals surface area contributed by atoms with E-state index in [1.54, 1.807) is 55.6 Å². The number of anilines is 1. The Balaban J connectivity index is 2.09. The molecular weight excluding hydrogens is 526 g/mol. The van der Waals surface area contributed by atoms with Gasteiger partial charge in [0.25, 0.3) is 10.0 Å². The van der Waals surface area contributed by atoms with Gasteiger partial charge in [-0.15, -0.1) is 0 Å². The van der Waals surface area contributed by atoms with Crippen molar-refractivity contribution in [1.29, 1.82) is 0 Å². The van der Waals surface area contributed by atoms with Crippen molar-refractivity contribution >= 4 is 27.5 Å². The fraction of sp³-hybridized carbons (Fsp3) is 0.355. The van der Waals surface area contributed by atoms with Gasteiger partial charge in [-0.25, -0.2) is 8.42 Å². The predicted molar refractivity (Wildman–Crippen MR) is 158 cm³/mol. The lowest BCUT2D eigenvalue weighted by molar-refractivity contribution is -0.140. The predicted octanol–water partition coefficient (Wildman–Crippen LogP) is 4.76. The highest BCUT2D eigenvalue weighted by Gasteiger charge is 2.34. The highest BCUT2D eigenvalue weighted by molar-refractivity contribution is 7.92. The first kappa shape index (κ1) is 30.7. The number of methoxy groups -OCH3 is 1. The van der Waals surface area contributed by atoms with Gasteiger partial charge >= 0.3 is 0 Å². The number of likely N-dealkylation sites (N-methyl/N-ethyl adjacent to an activating group) is 1. The van der Waals surface area contributed by atoms with Crippen LogP contribution in [0, 0.1) is 20.8 Å². The van der Waals surface area contributed by atoms with E-state index in [2.05, 4.69) is 5.32 Å². The summed E-state index contributed by atoms with van der Waals surface area (Å²) >= 11 is 0. The van der Waals surface area contributed by atoms with Gasteiger partial charge in [0.2, 0.25) is 11.8 Å². The number of ether oxygens (including phenoxy) is 1. The quantitative estimate of drug-likeness (QED) is 0.342. The molecular formula is C31H39N3O5S. The fourth-order valence-electron chi connectivity index (χ4n) is 4.50. The zero-order valence-electron chi connectivity index (χ0n) is 24.1. The van der Waals surface area contributed by atoms with Crippen LogP contribution in [0.1, 0.15) is 42.5 Å². The summed E-state index contributed by atoms with van der Waals surface area (Å²) in [6, 6.07) is 18.4. The van der Waals surface area contributed by atoms with E-state index in [4.69, 9.17) is 4.74 Å². The topological polar surface area (TPSA) is 96.0 Å². The van der Waals surface area contributed by atoms with Crippen molar-refractivity contribution < 1.29 is 22.7 Å². The minimum Gasteiger partial charge on any atom is -0.497 e. The third kappa shape index (κ3) is 7.01. The summed E-state index contributed by atoms with van der Waals surface area (Å²) in [4.78, 5) is 28.7. The van der Waals surface area contributed by atoms with E-state index in [0.717, 1.165) is 26.6 Å². The highest BCUT2D eigenvalue weighted by atomic mass is 32.2. The number of nitrogens with zero attached hydrogens (tertiary/aromatic N) is 2. The maximum atomic E-state index is 14.1. The zero-order valence-corrected chi connectivity index (χ0v) is 24.9. The van der Waals surface area contributed by atoms with Gasteiger partial charge in [-0.1, -0.05) is 48.9 Å². The summed E-state index contributed by atoms with van der Waals surface area (Å²) in [6.07, 6.45) is 0.363. The number of hydrogen-bond donors (Lipinski definition) is 1. The molecule has 1 N–H and O–H groups in total. The number of carbonyl (C=O) groups is 2. The van der Waals surface area contributed by atoms with Gasteiger partial charge in [0.05, 0.1) is 17.7 Å². The summed E-state index contributed by atoms with van der Waals surface area (Å²) < 4.78 is 34.5. The van der Waals surface area contributed by atoms with Crippen molar-refractivity contribution in [3.8, 4) is 5.75 Å². The van der Waals surface area contributed by atoms with Crippen molar-refractivity contribution in [2.75, 3.05) is 24.5 Å². The van der Waals surface area contributed by atoms with Crippen molar-refractivity contribution in [1.82, 2.24) is 10.2 Å². The average molecular weight is 566 g/mol. The van der Waals surface area contributed by atoms with Crippen molar-refractivity contribution in [2.45, 2.75) is 58.5 Å². The molecule has 3 aromatic rings. The molecule has 3 rings (SSSR count). The second-order valence-corrected chi connectivity index (χ2v) is 11.6. The van der Waals surface area contributed by atoms with Crippen LogP contribution in [0.25, 0.3) is 0 Å². The molecule has 8 nitrogen and oxygen atoms in total. The molecule has 0 saturated carbocycles. The second-order valence-electron chi connectivity index (χ2n) is 9.73. The van der Waals surface area contributed by atoms with Gasteiger partial charge in [-0.2, -0.15) is 0 Å². The lowest BCUT2D eigenvalue weighted by Crippen LogP contribution is -2.52. The van der Waals surface area contributed by atoms with E-state index in [0.29, 0.717) is 24.4 Å². The molecule has 0 aromatic heterocycles. The van der Waals surface area contributed by atoms with Crippen LogP contribution in [-0.2, 0) is 26.2 Å². The lowest BCUT2D eigenvalue weighted by Gasteiger charge is -2.33. The van der Waals surface area contributed by atoms with Crippen LogP contribution in [0.15, 0.2) is 71.6 Å². The first-order chi connectivity index (χ1) is 19.0. The van der Waals surface area contributed by atoms with Crippen LogP contribution in [0.2, 0.25) is 0 Å². The van der Waals surface area contributed by atoms with Crippen molar-refractivity contribution in [3.05, 3.63) is 89.0 Å². The minimum atomic E-state index is -4.11. The minimum absolute atomic E-state index is 0.0873. The number of nitrogens with one attached hydrogen (secondary N) is 1. The van der Waals surface area contributed by atoms with Crippen LogP contribution >= 0.6 is 0 Å². The van der Waals surface area contributed by atoms with E-state index in [9.17, 15) is 18.0 Å². The van der Waals surface area contributed by atoms with E-state index in [-0.39, 0.29) is 17.3 Å². The zero-order chi connectivity index (χ0) is 29.4. The van der Waals surface area contributed by atoms with E-state index in [1.807, 2.05) is 52.8 Å². The lowest BCUT2D eigenvalue weighted by atomic mass is 10.1. The van der Waals surface area contributed by atoms with E-state index >= 15 is 0 Å². The van der Waals surface area contributed by atoms with Crippen LogP contribution < -0.4 is 14.4 Å². The molecule has 1 atom stereocenters. The van der Waals surface area contributed by atoms with Crippen LogP contribution in [-0.4, -0.2) is 51.4 Å². The Hall–Kier alpha value is -3.85. The summed E-state index contributed by atoms with van der Waals surface area (Å²) in [6.45, 7) is 9.34. The number of amides is 2. The monoisotopic (exact) mass is 565 g/mol. The molecule has 3 aromatic carbocycles. The Kier molecular flexibility index (Phi) is 10.3. The summed E-state index contributed by atoms with van der Waals surface area (Å²) in [5, 5.41) is 2.81. The number of carbonyl (C=O) groups excluding carboxylic acids is 2. The normalized spacial score (nSPS) is 11.9. The van der Waals surface area contributed by atoms with Crippen molar-refractivity contribution in [3.63, 3.8) is 0 Å². The summed E-state index contributed by atoms with van der Waals surface area (Å²) in [5.41, 5.74) is 3.79. The molecule has 0 fully saturated rings. The second kappa shape index (κ2) is 13.5. The Bertz CT molecular complexity index is 1420. The molecule has 0 radical (unpaired) electrons. The summed E-state index contributed by atoms with van der Waals surface area (Å²) in [5.74, 6) is -0.0975. The van der Waals surface area contributed by atoms with Gasteiger partial charge in [-0.05, 0) is 81.1 Å². The van der Waals surface area contributed by atoms with E-state index in [1.165, 1.54) is 4.90 Å². The molecule has 0 spiro atoms. The Morgan fingerprint density at radius 3 is 2.15 bits per heavy atom. The molecule has 0 aliphatic heterocycles. The molecule has 0 saturated heterocycles. The fourth-order valence-corrected chi connectivity index (χ4v) is 5.97. The number of sulfonamides is 1. The standard InChI is InChI=1S/C31H39N3O5S/c1-7-28(31(36)32-8-2)33(20-25-14-16-26(39-6)17-15-25)30(35)21-34(29-11-9-10-23(4)24(29)5)40(37,38)27-18-12-22(3)13-19-27/h9-19,28H,7-8,20-21H2,1-6H3,(H,32,36). The molecule has 9 heteroatoms. The van der Waals surface area contributed by atoms with Crippen LogP contribution in [0.5, 0.6) is 5.75 Å². The van der Waals surface area contributed by atoms with E-state index < -0.39 is 28.5 Å². The molecule has 214 valence electrons. The number of aryl methyl sites for hydroxylation is 2. The number of benzene rings is 3. The third-order valence-corrected chi connectivity index (χ3v) is 8.76. The first-order valence-corrected chi connectivity index (χ1v) is 14.8. The largest absolute Gasteiger partial charge is 0.497 e. The molecule has 0 bridgehead atoms. The Morgan fingerprint density at radius 2 is 1.57 bits per heavy atom. The summed E-state index contributed by atoms with van der Waals surface area (Å²) in [7, 11) is -2.54. The van der Waals surface area contributed by atoms with Gasteiger partial charge in [-0.3, -0.25) is 13.9 Å². The smallest absolute Gasteiger partial charge is 0.264 e. The number of hydrogen-bond acceptors (Lipinski definition) is 5. The maximum absolute atomic E-state index is 14.1. The third-order valence-electron chi connectivity index (χ3n) is 6.98. The molecule has 0 heterocycles. The molecule has 40 heavy (non-hydrogen) atoms. The van der Waals surface area contributed by atoms with Gasteiger partial charge in [0, 0.05) is 13.1 Å². The Morgan fingerprint density at radius 1 is 0.925 bits per heavy atom. The first-order valence-electron chi connectivity index (χ1n) is 13.4. The number of rotatable bonds is 12. The van der Waals surface area contributed by atoms with Gasteiger partial charge in [0.1, 0.15) is 18.3 Å². The SMILES string of the molecule is CCNC(=O)C(CC)N(Cc1ccc(OC)cc1)C(=O)CN(c1cccc(C)c1C)S(=O)(=O)c1ccc(C)cc1. The molecule has 0 aliphatic carbocycles. The molecule has 2 amide bonds. The highest BCUT2D eigenvalue weighted by Crippen LogP contribution is 2.29. The van der Waals surface area contributed by atoms with Crippen molar-refractivity contribution in [2.24, 2.45) is 0 Å².